The van der Waals surface area contributed by atoms with Crippen molar-refractivity contribution < 1.29 is 22.4 Å². The first-order valence-corrected chi connectivity index (χ1v) is 9.07. The molecule has 1 aliphatic rings. The van der Waals surface area contributed by atoms with Crippen LogP contribution in [0.4, 0.5) is 23.2 Å². The maximum Gasteiger partial charge on any atom is 0.410 e. The van der Waals surface area contributed by atoms with E-state index in [0.717, 1.165) is 26.1 Å². The number of hydrogen-bond donors (Lipinski definition) is 1. The van der Waals surface area contributed by atoms with Gasteiger partial charge in [0.15, 0.2) is 6.04 Å². The van der Waals surface area contributed by atoms with Crippen molar-refractivity contribution in [2.45, 2.75) is 52.3 Å². The van der Waals surface area contributed by atoms with Crippen LogP contribution in [0.2, 0.25) is 0 Å². The first kappa shape index (κ1) is 22.2. The van der Waals surface area contributed by atoms with E-state index < -0.39 is 29.6 Å². The first-order chi connectivity index (χ1) is 12.7. The maximum absolute atomic E-state index is 14.5. The van der Waals surface area contributed by atoms with Crippen LogP contribution in [0.5, 0.6) is 0 Å². The number of halogens is 4. The molecular weight excluding hydrogens is 374 g/mol. The van der Waals surface area contributed by atoms with Crippen LogP contribution in [0.3, 0.4) is 0 Å². The average molecular weight is 401 g/mol. The molecule has 28 heavy (non-hydrogen) atoms. The average Bonchev–Trinajstić information content (AvgIpc) is 2.77. The first-order valence-electron chi connectivity index (χ1n) is 9.07. The Morgan fingerprint density at radius 2 is 1.75 bits per heavy atom. The Kier molecular flexibility index (Phi) is 6.13. The zero-order chi connectivity index (χ0) is 21.4. The zero-order valence-corrected chi connectivity index (χ0v) is 17.0. The van der Waals surface area contributed by atoms with E-state index in [9.17, 15) is 22.4 Å². The molecule has 1 N–H and O–H groups in total. The van der Waals surface area contributed by atoms with Gasteiger partial charge in [-0.3, -0.25) is 9.80 Å². The van der Waals surface area contributed by atoms with E-state index in [1.54, 1.807) is 18.2 Å². The van der Waals surface area contributed by atoms with Crippen LogP contribution in [0, 0.1) is 5.41 Å². The molecule has 1 aliphatic heterocycles. The van der Waals surface area contributed by atoms with Gasteiger partial charge in [0.25, 0.3) is 5.91 Å². The second-order valence-corrected chi connectivity index (χ2v) is 8.45. The van der Waals surface area contributed by atoms with Gasteiger partial charge in [-0.2, -0.15) is 17.6 Å². The molecule has 1 aromatic rings. The standard InChI is InChI=1S/C20H27F4N3O/c1-12(11-19(2,3)4)13-9-7-8-10-14(13)25-18(28)15-16(20(22,23)24)26(5)27(6)17(15)21/h7-10,12,16H,11H2,1-6H3,(H,25,28). The van der Waals surface area contributed by atoms with Crippen LogP contribution in [-0.2, 0) is 4.79 Å². The molecule has 0 radical (unpaired) electrons. The lowest BCUT2D eigenvalue weighted by atomic mass is 9.82. The minimum atomic E-state index is -4.79. The smallest absolute Gasteiger partial charge is 0.322 e. The summed E-state index contributed by atoms with van der Waals surface area (Å²) < 4.78 is 54.8. The van der Waals surface area contributed by atoms with Crippen molar-refractivity contribution in [2.75, 3.05) is 19.4 Å². The molecule has 1 amide bonds. The van der Waals surface area contributed by atoms with Gasteiger partial charge in [0, 0.05) is 19.8 Å². The van der Waals surface area contributed by atoms with E-state index in [1.165, 1.54) is 0 Å². The minimum absolute atomic E-state index is 0.0312. The van der Waals surface area contributed by atoms with Gasteiger partial charge in [0.05, 0.1) is 5.57 Å². The highest BCUT2D eigenvalue weighted by molar-refractivity contribution is 6.05. The zero-order valence-electron chi connectivity index (χ0n) is 17.0. The van der Waals surface area contributed by atoms with E-state index in [1.807, 2.05) is 13.0 Å². The molecule has 2 rings (SSSR count). The van der Waals surface area contributed by atoms with Crippen LogP contribution in [0.25, 0.3) is 0 Å². The van der Waals surface area contributed by atoms with E-state index in [4.69, 9.17) is 0 Å². The largest absolute Gasteiger partial charge is 0.410 e. The number of likely N-dealkylation sites (N-methyl/N-ethyl adjacent to an activating group) is 1. The molecule has 0 aliphatic carbocycles. The van der Waals surface area contributed by atoms with Gasteiger partial charge in [-0.05, 0) is 29.4 Å². The summed E-state index contributed by atoms with van der Waals surface area (Å²) in [7, 11) is 2.24. The lowest BCUT2D eigenvalue weighted by Gasteiger charge is -2.28. The van der Waals surface area contributed by atoms with Gasteiger partial charge >= 0.3 is 6.18 Å². The van der Waals surface area contributed by atoms with E-state index in [2.05, 4.69) is 26.1 Å². The normalized spacial score (nSPS) is 19.9. The number of nitrogens with one attached hydrogen (secondary N) is 1. The van der Waals surface area contributed by atoms with Crippen molar-refractivity contribution in [1.82, 2.24) is 10.0 Å². The number of rotatable bonds is 4. The number of carbonyl (C=O) groups excluding carboxylic acids is 1. The highest BCUT2D eigenvalue weighted by Crippen LogP contribution is 2.39. The number of para-hydroxylation sites is 1. The summed E-state index contributed by atoms with van der Waals surface area (Å²) in [6, 6.07) is 4.60. The predicted octanol–water partition coefficient (Wildman–Crippen LogP) is 5.07. The van der Waals surface area contributed by atoms with Crippen LogP contribution in [0.15, 0.2) is 35.8 Å². The van der Waals surface area contributed by atoms with Gasteiger partial charge in [-0.15, -0.1) is 0 Å². The number of hydrazine groups is 1. The fraction of sp³-hybridized carbons (Fsp3) is 0.550. The fourth-order valence-electron chi connectivity index (χ4n) is 3.64. The number of carbonyl (C=O) groups is 1. The Labute approximate surface area is 163 Å². The van der Waals surface area contributed by atoms with E-state index in [-0.39, 0.29) is 11.3 Å². The predicted molar refractivity (Wildman–Crippen MR) is 101 cm³/mol. The molecule has 156 valence electrons. The lowest BCUT2D eigenvalue weighted by molar-refractivity contribution is -0.188. The molecule has 0 saturated heterocycles. The van der Waals surface area contributed by atoms with Crippen molar-refractivity contribution in [3.05, 3.63) is 41.4 Å². The van der Waals surface area contributed by atoms with Gasteiger partial charge in [-0.1, -0.05) is 45.9 Å². The van der Waals surface area contributed by atoms with Crippen molar-refractivity contribution in [1.29, 1.82) is 0 Å². The Hall–Kier alpha value is -2.09. The Morgan fingerprint density at radius 1 is 1.18 bits per heavy atom. The quantitative estimate of drug-likeness (QED) is 0.565. The Bertz CT molecular complexity index is 767. The Morgan fingerprint density at radius 3 is 2.29 bits per heavy atom. The maximum atomic E-state index is 14.5. The second-order valence-electron chi connectivity index (χ2n) is 8.45. The third-order valence-electron chi connectivity index (χ3n) is 4.84. The summed E-state index contributed by atoms with van der Waals surface area (Å²) >= 11 is 0. The van der Waals surface area contributed by atoms with Crippen LogP contribution < -0.4 is 5.32 Å². The third-order valence-corrected chi connectivity index (χ3v) is 4.84. The number of nitrogens with zero attached hydrogens (tertiary/aromatic N) is 2. The molecule has 0 spiro atoms. The summed E-state index contributed by atoms with van der Waals surface area (Å²) in [6.07, 6.45) is -3.98. The van der Waals surface area contributed by atoms with Gasteiger partial charge in [0.2, 0.25) is 5.95 Å². The molecular formula is C20H27F4N3O. The monoisotopic (exact) mass is 401 g/mol. The van der Waals surface area contributed by atoms with Crippen molar-refractivity contribution >= 4 is 11.6 Å². The second kappa shape index (κ2) is 7.73. The molecule has 8 heteroatoms. The molecule has 1 heterocycles. The highest BCUT2D eigenvalue weighted by Gasteiger charge is 2.54. The van der Waals surface area contributed by atoms with Crippen LogP contribution in [0.1, 0.15) is 45.6 Å². The molecule has 4 nitrogen and oxygen atoms in total. The van der Waals surface area contributed by atoms with E-state index >= 15 is 0 Å². The Balaban J connectivity index is 2.35. The molecule has 2 atom stereocenters. The molecule has 2 unspecified atom stereocenters. The number of hydrogen-bond acceptors (Lipinski definition) is 3. The van der Waals surface area contributed by atoms with E-state index in [0.29, 0.717) is 15.7 Å². The molecule has 1 aromatic carbocycles. The third kappa shape index (κ3) is 4.66. The highest BCUT2D eigenvalue weighted by atomic mass is 19.4. The fourth-order valence-corrected chi connectivity index (χ4v) is 3.64. The number of anilines is 1. The summed E-state index contributed by atoms with van der Waals surface area (Å²) in [5.41, 5.74) is 0.289. The molecule has 0 fully saturated rings. The summed E-state index contributed by atoms with van der Waals surface area (Å²) in [6.45, 7) is 8.25. The topological polar surface area (TPSA) is 35.6 Å². The van der Waals surface area contributed by atoms with Crippen LogP contribution in [-0.4, -0.2) is 42.2 Å². The number of alkyl halides is 3. The van der Waals surface area contributed by atoms with Crippen molar-refractivity contribution in [2.24, 2.45) is 5.41 Å². The van der Waals surface area contributed by atoms with Gasteiger partial charge < -0.3 is 5.32 Å². The molecule has 0 bridgehead atoms. The molecule has 0 aromatic heterocycles. The summed E-state index contributed by atoms with van der Waals surface area (Å²) in [4.78, 5) is 12.7. The van der Waals surface area contributed by atoms with Gasteiger partial charge in [0.1, 0.15) is 0 Å². The van der Waals surface area contributed by atoms with Gasteiger partial charge in [-0.25, -0.2) is 5.01 Å². The molecule has 0 saturated carbocycles. The number of amides is 1. The minimum Gasteiger partial charge on any atom is -0.322 e. The van der Waals surface area contributed by atoms with Crippen LogP contribution >= 0.6 is 0 Å². The van der Waals surface area contributed by atoms with Crippen molar-refractivity contribution in [3.8, 4) is 0 Å². The summed E-state index contributed by atoms with van der Waals surface area (Å²) in [5.74, 6) is -2.24. The summed E-state index contributed by atoms with van der Waals surface area (Å²) in [5, 5.41) is 3.86. The SMILES string of the molecule is CC(CC(C)(C)C)c1ccccc1NC(=O)C1=C(F)N(C)N(C)C1C(F)(F)F. The lowest BCUT2D eigenvalue weighted by Crippen LogP contribution is -2.47. The number of benzene rings is 1. The van der Waals surface area contributed by atoms with Crippen molar-refractivity contribution in [3.63, 3.8) is 0 Å².